The second-order valence-corrected chi connectivity index (χ2v) is 9.01. The number of rotatable bonds is 7. The maximum absolute atomic E-state index is 10.6. The molecular formula is C23H29Cl2NO2. The minimum absolute atomic E-state index is 0.273. The number of ether oxygens (including phenoxy) is 1. The molecule has 0 saturated carbocycles. The van der Waals surface area contributed by atoms with Crippen LogP contribution in [0.4, 0.5) is 0 Å². The second kappa shape index (κ2) is 10.1. The zero-order chi connectivity index (χ0) is 20.1. The molecule has 1 saturated heterocycles. The first kappa shape index (κ1) is 21.6. The van der Waals surface area contributed by atoms with Crippen LogP contribution in [-0.2, 0) is 4.74 Å². The van der Waals surface area contributed by atoms with E-state index >= 15 is 0 Å². The fourth-order valence-corrected chi connectivity index (χ4v) is 4.41. The van der Waals surface area contributed by atoms with Gasteiger partial charge < -0.3 is 14.7 Å². The van der Waals surface area contributed by atoms with Crippen molar-refractivity contribution in [2.24, 2.45) is 11.8 Å². The number of hydrogen-bond donors (Lipinski definition) is 1. The SMILES string of the molecule is C[C@@H]1C[C@@H](C)CN(C[C@@H](O)COC(c2ccc(Cl)cc2)c2ccc(Cl)cc2)C1. The van der Waals surface area contributed by atoms with Crippen molar-refractivity contribution < 1.29 is 9.84 Å². The summed E-state index contributed by atoms with van der Waals surface area (Å²) in [6, 6.07) is 15.3. The van der Waals surface area contributed by atoms with Gasteiger partial charge in [-0.2, -0.15) is 0 Å². The molecule has 152 valence electrons. The molecule has 28 heavy (non-hydrogen) atoms. The first-order chi connectivity index (χ1) is 13.4. The number of aliphatic hydroxyl groups excluding tert-OH is 1. The van der Waals surface area contributed by atoms with Crippen LogP contribution in [0, 0.1) is 11.8 Å². The number of likely N-dealkylation sites (tertiary alicyclic amines) is 1. The van der Waals surface area contributed by atoms with Crippen LogP contribution in [0.5, 0.6) is 0 Å². The van der Waals surface area contributed by atoms with Crippen LogP contribution in [0.25, 0.3) is 0 Å². The van der Waals surface area contributed by atoms with Gasteiger partial charge in [0.15, 0.2) is 0 Å². The third kappa shape index (κ3) is 6.20. The van der Waals surface area contributed by atoms with E-state index in [0.29, 0.717) is 28.4 Å². The lowest BCUT2D eigenvalue weighted by molar-refractivity contribution is -0.0163. The van der Waals surface area contributed by atoms with Crippen LogP contribution in [0.3, 0.4) is 0 Å². The molecule has 0 spiro atoms. The predicted octanol–water partition coefficient (Wildman–Crippen LogP) is 5.44. The Morgan fingerprint density at radius 2 is 1.39 bits per heavy atom. The molecule has 3 atom stereocenters. The minimum Gasteiger partial charge on any atom is -0.389 e. The van der Waals surface area contributed by atoms with E-state index < -0.39 is 6.10 Å². The van der Waals surface area contributed by atoms with Gasteiger partial charge in [0.2, 0.25) is 0 Å². The molecule has 3 rings (SSSR count). The van der Waals surface area contributed by atoms with Gasteiger partial charge in [0.25, 0.3) is 0 Å². The van der Waals surface area contributed by atoms with Gasteiger partial charge in [-0.05, 0) is 53.6 Å². The molecule has 3 nitrogen and oxygen atoms in total. The molecule has 1 aliphatic heterocycles. The molecule has 0 bridgehead atoms. The van der Waals surface area contributed by atoms with Crippen LogP contribution in [0.1, 0.15) is 37.5 Å². The number of nitrogens with zero attached hydrogens (tertiary/aromatic N) is 1. The van der Waals surface area contributed by atoms with Crippen LogP contribution in [0.2, 0.25) is 10.0 Å². The van der Waals surface area contributed by atoms with Gasteiger partial charge in [-0.1, -0.05) is 61.3 Å². The molecular weight excluding hydrogens is 393 g/mol. The summed E-state index contributed by atoms with van der Waals surface area (Å²) >= 11 is 12.1. The van der Waals surface area contributed by atoms with Gasteiger partial charge in [0, 0.05) is 29.7 Å². The highest BCUT2D eigenvalue weighted by molar-refractivity contribution is 6.30. The highest BCUT2D eigenvalue weighted by Crippen LogP contribution is 2.28. The van der Waals surface area contributed by atoms with Crippen molar-refractivity contribution in [2.45, 2.75) is 32.5 Å². The van der Waals surface area contributed by atoms with Crippen molar-refractivity contribution in [3.63, 3.8) is 0 Å². The summed E-state index contributed by atoms with van der Waals surface area (Å²) in [5.74, 6) is 1.35. The van der Waals surface area contributed by atoms with Crippen molar-refractivity contribution >= 4 is 23.2 Å². The van der Waals surface area contributed by atoms with E-state index in [-0.39, 0.29) is 12.7 Å². The minimum atomic E-state index is -0.528. The maximum atomic E-state index is 10.6. The molecule has 0 unspecified atom stereocenters. The smallest absolute Gasteiger partial charge is 0.108 e. The van der Waals surface area contributed by atoms with Crippen molar-refractivity contribution in [1.82, 2.24) is 4.90 Å². The highest BCUT2D eigenvalue weighted by Gasteiger charge is 2.24. The van der Waals surface area contributed by atoms with Gasteiger partial charge in [-0.3, -0.25) is 0 Å². The van der Waals surface area contributed by atoms with Crippen LogP contribution in [0.15, 0.2) is 48.5 Å². The van der Waals surface area contributed by atoms with E-state index in [1.165, 1.54) is 6.42 Å². The Bertz CT molecular complexity index is 680. The standard InChI is InChI=1S/C23H29Cl2NO2/c1-16-11-17(2)13-26(12-16)14-22(27)15-28-23(18-3-7-20(24)8-4-18)19-5-9-21(25)10-6-19/h3-10,16-17,22-23,27H,11-15H2,1-2H3/t16-,17-,22-/m1/s1. The average molecular weight is 422 g/mol. The van der Waals surface area contributed by atoms with E-state index in [4.69, 9.17) is 27.9 Å². The van der Waals surface area contributed by atoms with Crippen LogP contribution >= 0.6 is 23.2 Å². The lowest BCUT2D eigenvalue weighted by Gasteiger charge is -2.36. The van der Waals surface area contributed by atoms with Crippen molar-refractivity contribution in [2.75, 3.05) is 26.2 Å². The Hall–Kier alpha value is -1.10. The summed E-state index contributed by atoms with van der Waals surface area (Å²) in [6.07, 6.45) is 0.459. The van der Waals surface area contributed by atoms with E-state index in [0.717, 1.165) is 24.2 Å². The summed E-state index contributed by atoms with van der Waals surface area (Å²) in [5, 5.41) is 12.0. The molecule has 0 aromatic heterocycles. The Labute approximate surface area is 178 Å². The number of β-amino-alcohol motifs (C(OH)–C–C–N with tert-alkyl or cyclic N) is 1. The summed E-state index contributed by atoms with van der Waals surface area (Å²) < 4.78 is 6.19. The summed E-state index contributed by atoms with van der Waals surface area (Å²) in [6.45, 7) is 7.56. The van der Waals surface area contributed by atoms with Gasteiger partial charge in [-0.25, -0.2) is 0 Å². The van der Waals surface area contributed by atoms with Gasteiger partial charge in [0.05, 0.1) is 12.7 Å². The molecule has 2 aromatic rings. The Kier molecular flexibility index (Phi) is 7.78. The van der Waals surface area contributed by atoms with Gasteiger partial charge in [-0.15, -0.1) is 0 Å². The van der Waals surface area contributed by atoms with Crippen molar-refractivity contribution in [3.8, 4) is 0 Å². The maximum Gasteiger partial charge on any atom is 0.108 e. The number of benzene rings is 2. The molecule has 2 aromatic carbocycles. The fourth-order valence-electron chi connectivity index (χ4n) is 4.16. The number of hydrogen-bond acceptors (Lipinski definition) is 3. The molecule has 1 aliphatic rings. The monoisotopic (exact) mass is 421 g/mol. The van der Waals surface area contributed by atoms with E-state index in [9.17, 15) is 5.11 Å². The average Bonchev–Trinajstić information content (AvgIpc) is 2.64. The third-order valence-corrected chi connectivity index (χ3v) is 5.72. The van der Waals surface area contributed by atoms with Crippen LogP contribution < -0.4 is 0 Å². The number of piperidine rings is 1. The predicted molar refractivity (Wildman–Crippen MR) is 116 cm³/mol. The molecule has 0 radical (unpaired) electrons. The van der Waals surface area contributed by atoms with Gasteiger partial charge in [0.1, 0.15) is 6.10 Å². The first-order valence-electron chi connectivity index (χ1n) is 9.93. The zero-order valence-corrected chi connectivity index (χ0v) is 18.0. The highest BCUT2D eigenvalue weighted by atomic mass is 35.5. The Morgan fingerprint density at radius 3 is 1.86 bits per heavy atom. The normalized spacial score (nSPS) is 21.8. The summed E-state index contributed by atoms with van der Waals surface area (Å²) in [5.41, 5.74) is 2.00. The van der Waals surface area contributed by atoms with E-state index in [1.54, 1.807) is 0 Å². The molecule has 5 heteroatoms. The fraction of sp³-hybridized carbons (Fsp3) is 0.478. The zero-order valence-electron chi connectivity index (χ0n) is 16.5. The number of halogens is 2. The number of aliphatic hydroxyl groups is 1. The second-order valence-electron chi connectivity index (χ2n) is 8.13. The van der Waals surface area contributed by atoms with Gasteiger partial charge >= 0.3 is 0 Å². The quantitative estimate of drug-likeness (QED) is 0.645. The van der Waals surface area contributed by atoms with Crippen molar-refractivity contribution in [1.29, 1.82) is 0 Å². The summed E-state index contributed by atoms with van der Waals surface area (Å²) in [7, 11) is 0. The lowest BCUT2D eigenvalue weighted by Crippen LogP contribution is -2.43. The Morgan fingerprint density at radius 1 is 0.929 bits per heavy atom. The molecule has 1 fully saturated rings. The van der Waals surface area contributed by atoms with Crippen LogP contribution in [-0.4, -0.2) is 42.4 Å². The largest absolute Gasteiger partial charge is 0.389 e. The molecule has 1 heterocycles. The molecule has 0 aliphatic carbocycles. The lowest BCUT2D eigenvalue weighted by atomic mass is 9.92. The third-order valence-electron chi connectivity index (χ3n) is 5.21. The van der Waals surface area contributed by atoms with E-state index in [1.807, 2.05) is 48.5 Å². The van der Waals surface area contributed by atoms with E-state index in [2.05, 4.69) is 18.7 Å². The molecule has 1 N–H and O–H groups in total. The first-order valence-corrected chi connectivity index (χ1v) is 10.7. The Balaban J connectivity index is 1.65. The topological polar surface area (TPSA) is 32.7 Å². The molecule has 0 amide bonds. The summed E-state index contributed by atoms with van der Waals surface area (Å²) in [4.78, 5) is 2.35. The van der Waals surface area contributed by atoms with Crippen molar-refractivity contribution in [3.05, 3.63) is 69.7 Å².